The third kappa shape index (κ3) is 4.35. The summed E-state index contributed by atoms with van der Waals surface area (Å²) in [7, 11) is -4.39. The summed E-state index contributed by atoms with van der Waals surface area (Å²) in [5, 5.41) is 16.7. The first kappa shape index (κ1) is 15.9. The summed E-state index contributed by atoms with van der Waals surface area (Å²) in [6.45, 7) is 0. The fraction of sp³-hybridized carbons (Fsp3) is 0. The van der Waals surface area contributed by atoms with E-state index in [1.807, 2.05) is 0 Å². The molecule has 2 N–H and O–H groups in total. The van der Waals surface area contributed by atoms with E-state index in [2.05, 4.69) is 4.18 Å². The maximum Gasteiger partial charge on any atom is 1.00 e. The van der Waals surface area contributed by atoms with Crippen molar-refractivity contribution in [2.45, 2.75) is 4.90 Å². The average Bonchev–Trinajstić information content (AvgIpc) is 2.16. The van der Waals surface area contributed by atoms with Crippen molar-refractivity contribution in [3.8, 4) is 0 Å². The Labute approximate surface area is 120 Å². The molecule has 88 valence electrons. The van der Waals surface area contributed by atoms with Crippen molar-refractivity contribution in [1.29, 1.82) is 0 Å². The van der Waals surface area contributed by atoms with Crippen LogP contribution in [0.1, 0.15) is 11.8 Å². The van der Waals surface area contributed by atoms with Crippen molar-refractivity contribution in [2.24, 2.45) is 0 Å². The van der Waals surface area contributed by atoms with Gasteiger partial charge < -0.3 is 15.8 Å². The van der Waals surface area contributed by atoms with E-state index < -0.39 is 27.1 Å². The van der Waals surface area contributed by atoms with E-state index in [4.69, 9.17) is 10.2 Å². The van der Waals surface area contributed by atoms with E-state index in [1.165, 1.54) is 0 Å². The van der Waals surface area contributed by atoms with Crippen molar-refractivity contribution >= 4 is 22.2 Å². The number of hydrogen-bond donors (Lipinski definition) is 2. The van der Waals surface area contributed by atoms with E-state index in [9.17, 15) is 18.0 Å². The standard InChI is InChI=1S/C8H6O7S.Na.H/c9-7(10)5-1-3-6(4-2-5)16(13,14)15-8(11)12;;/h1-4H,(H,9,10)(H,11,12);;/q;+1;-1. The fourth-order valence-corrected chi connectivity index (χ4v) is 1.66. The molecule has 0 aliphatic carbocycles. The average molecular weight is 270 g/mol. The van der Waals surface area contributed by atoms with Gasteiger partial charge in [0.2, 0.25) is 0 Å². The van der Waals surface area contributed by atoms with Crippen LogP contribution < -0.4 is 29.6 Å². The molecular formula is C8H7NaO7S. The van der Waals surface area contributed by atoms with E-state index >= 15 is 0 Å². The van der Waals surface area contributed by atoms with Crippen LogP contribution in [-0.2, 0) is 14.3 Å². The van der Waals surface area contributed by atoms with Crippen molar-refractivity contribution < 1.29 is 63.4 Å². The zero-order valence-electron chi connectivity index (χ0n) is 9.65. The topological polar surface area (TPSA) is 118 Å². The smallest absolute Gasteiger partial charge is 1.00 e. The summed E-state index contributed by atoms with van der Waals surface area (Å²) in [5.74, 6) is -1.22. The number of carboxylic acids is 1. The summed E-state index contributed by atoms with van der Waals surface area (Å²) >= 11 is 0. The minimum absolute atomic E-state index is 0. The third-order valence-electron chi connectivity index (χ3n) is 1.57. The second kappa shape index (κ2) is 6.01. The van der Waals surface area contributed by atoms with Crippen LogP contribution in [0.3, 0.4) is 0 Å². The van der Waals surface area contributed by atoms with Gasteiger partial charge in [0.1, 0.15) is 4.90 Å². The number of aromatic carboxylic acids is 1. The van der Waals surface area contributed by atoms with Gasteiger partial charge in [0.25, 0.3) is 0 Å². The number of rotatable bonds is 3. The van der Waals surface area contributed by atoms with Gasteiger partial charge in [-0.05, 0) is 24.3 Å². The second-order valence-electron chi connectivity index (χ2n) is 2.63. The SMILES string of the molecule is O=C(O)OS(=O)(=O)c1ccc(C(=O)O)cc1.[H-].[Na+]. The van der Waals surface area contributed by atoms with Crippen molar-refractivity contribution in [1.82, 2.24) is 0 Å². The predicted molar refractivity (Wildman–Crippen MR) is 50.8 cm³/mol. The van der Waals surface area contributed by atoms with Gasteiger partial charge in [-0.2, -0.15) is 8.42 Å². The quantitative estimate of drug-likeness (QED) is 0.476. The summed E-state index contributed by atoms with van der Waals surface area (Å²) < 4.78 is 26.0. The Bertz CT molecular complexity index is 525. The van der Waals surface area contributed by atoms with Crippen molar-refractivity contribution in [3.05, 3.63) is 29.8 Å². The Hall–Kier alpha value is -1.09. The number of hydrogen-bond acceptors (Lipinski definition) is 5. The van der Waals surface area contributed by atoms with Gasteiger partial charge in [-0.3, -0.25) is 0 Å². The van der Waals surface area contributed by atoms with Gasteiger partial charge in [-0.25, -0.2) is 9.59 Å². The van der Waals surface area contributed by atoms with E-state index in [0.717, 1.165) is 24.3 Å². The Morgan fingerprint density at radius 1 is 1.12 bits per heavy atom. The monoisotopic (exact) mass is 270 g/mol. The first-order valence-electron chi connectivity index (χ1n) is 3.84. The van der Waals surface area contributed by atoms with Crippen LogP contribution in [0.25, 0.3) is 0 Å². The van der Waals surface area contributed by atoms with E-state index in [-0.39, 0.29) is 36.5 Å². The number of carbonyl (C=O) groups is 2. The van der Waals surface area contributed by atoms with E-state index in [0.29, 0.717) is 0 Å². The molecule has 0 aromatic heterocycles. The summed E-state index contributed by atoms with van der Waals surface area (Å²) in [4.78, 5) is 20.1. The van der Waals surface area contributed by atoms with Gasteiger partial charge in [-0.15, -0.1) is 0 Å². The maximum atomic E-state index is 11.2. The first-order valence-corrected chi connectivity index (χ1v) is 5.24. The van der Waals surface area contributed by atoms with E-state index in [1.54, 1.807) is 0 Å². The van der Waals surface area contributed by atoms with Crippen LogP contribution >= 0.6 is 0 Å². The van der Waals surface area contributed by atoms with Gasteiger partial charge in [-0.1, -0.05) is 0 Å². The Kier molecular flexibility index (Phi) is 5.62. The molecular weight excluding hydrogens is 263 g/mol. The molecule has 0 saturated heterocycles. The molecule has 0 fully saturated rings. The molecule has 0 spiro atoms. The molecule has 1 rings (SSSR count). The Balaban J connectivity index is 0. The third-order valence-corrected chi connectivity index (χ3v) is 2.78. The molecule has 0 amide bonds. The summed E-state index contributed by atoms with van der Waals surface area (Å²) in [6.07, 6.45) is -1.96. The van der Waals surface area contributed by atoms with Gasteiger partial charge in [0.15, 0.2) is 0 Å². The van der Waals surface area contributed by atoms with Gasteiger partial charge in [0, 0.05) is 0 Å². The minimum Gasteiger partial charge on any atom is -1.00 e. The molecule has 0 unspecified atom stereocenters. The van der Waals surface area contributed by atoms with Crippen molar-refractivity contribution in [2.75, 3.05) is 0 Å². The molecule has 0 atom stereocenters. The molecule has 9 heteroatoms. The van der Waals surface area contributed by atoms with Gasteiger partial charge >= 0.3 is 51.8 Å². The zero-order chi connectivity index (χ0) is 12.3. The molecule has 0 bridgehead atoms. The molecule has 0 aliphatic heterocycles. The number of carboxylic acid groups (broad SMARTS) is 2. The molecule has 0 aliphatic rings. The van der Waals surface area contributed by atoms with Crippen LogP contribution in [0.5, 0.6) is 0 Å². The van der Waals surface area contributed by atoms with Crippen LogP contribution in [-0.4, -0.2) is 30.8 Å². The molecule has 17 heavy (non-hydrogen) atoms. The van der Waals surface area contributed by atoms with Crippen LogP contribution in [0.4, 0.5) is 4.79 Å². The molecule has 0 radical (unpaired) electrons. The largest absolute Gasteiger partial charge is 1.00 e. The summed E-state index contributed by atoms with van der Waals surface area (Å²) in [6, 6.07) is 3.95. The predicted octanol–water partition coefficient (Wildman–Crippen LogP) is -2.12. The molecule has 0 heterocycles. The fourth-order valence-electron chi connectivity index (χ4n) is 0.906. The number of benzene rings is 1. The molecule has 1 aromatic carbocycles. The minimum atomic E-state index is -4.39. The molecule has 1 aromatic rings. The van der Waals surface area contributed by atoms with Gasteiger partial charge in [0.05, 0.1) is 5.56 Å². The Morgan fingerprint density at radius 2 is 1.59 bits per heavy atom. The molecule has 7 nitrogen and oxygen atoms in total. The maximum absolute atomic E-state index is 11.2. The second-order valence-corrected chi connectivity index (χ2v) is 4.18. The van der Waals surface area contributed by atoms with Crippen LogP contribution in [0.2, 0.25) is 0 Å². The summed E-state index contributed by atoms with van der Waals surface area (Å²) in [5.41, 5.74) is -0.116. The van der Waals surface area contributed by atoms with Crippen LogP contribution in [0.15, 0.2) is 29.2 Å². The zero-order valence-corrected chi connectivity index (χ0v) is 11.5. The van der Waals surface area contributed by atoms with Crippen LogP contribution in [0, 0.1) is 0 Å². The Morgan fingerprint density at radius 3 is 1.94 bits per heavy atom. The van der Waals surface area contributed by atoms with Crippen molar-refractivity contribution in [3.63, 3.8) is 0 Å². The molecule has 0 saturated carbocycles. The first-order chi connectivity index (χ1) is 7.33. The normalized spacial score (nSPS) is 10.1.